The highest BCUT2D eigenvalue weighted by atomic mass is 16.4. The standard InChI is InChI=1S/C22H29N3O/c1-21-9-7-16(24-26)13-15(21)3-4-17-18-5-6-20(25-12-11-23-14-25)22(18,2)10-8-19(17)21/h6,11-14,17-19,26H,3-5,7-10H2,1-2H3/b24-16+/t17?,18?,19?,21-,22-/m0/s1. The van der Waals surface area contributed by atoms with Gasteiger partial charge < -0.3 is 9.77 Å². The molecule has 26 heavy (non-hydrogen) atoms. The largest absolute Gasteiger partial charge is 0.411 e. The Morgan fingerprint density at radius 1 is 1.15 bits per heavy atom. The highest BCUT2D eigenvalue weighted by Crippen LogP contribution is 2.65. The molecule has 138 valence electrons. The molecule has 0 aromatic carbocycles. The van der Waals surface area contributed by atoms with Crippen molar-refractivity contribution in [1.29, 1.82) is 0 Å². The van der Waals surface area contributed by atoms with E-state index in [2.05, 4.69) is 46.9 Å². The zero-order valence-corrected chi connectivity index (χ0v) is 15.9. The molecular formula is C22H29N3O. The molecule has 1 aromatic heterocycles. The van der Waals surface area contributed by atoms with Crippen molar-refractivity contribution >= 4 is 11.4 Å². The molecule has 1 N–H and O–H groups in total. The average Bonchev–Trinajstić information content (AvgIpc) is 3.27. The quantitative estimate of drug-likeness (QED) is 0.563. The summed E-state index contributed by atoms with van der Waals surface area (Å²) < 4.78 is 2.25. The monoisotopic (exact) mass is 351 g/mol. The molecule has 4 aliphatic rings. The predicted octanol–water partition coefficient (Wildman–Crippen LogP) is 5.13. The molecule has 2 fully saturated rings. The molecule has 4 aliphatic carbocycles. The second-order valence-corrected chi connectivity index (χ2v) is 9.35. The minimum absolute atomic E-state index is 0.284. The van der Waals surface area contributed by atoms with E-state index in [9.17, 15) is 5.21 Å². The molecule has 0 saturated heterocycles. The number of aromatic nitrogens is 2. The van der Waals surface area contributed by atoms with Crippen LogP contribution in [0.4, 0.5) is 0 Å². The molecule has 3 unspecified atom stereocenters. The molecule has 1 aromatic rings. The van der Waals surface area contributed by atoms with Crippen LogP contribution in [0.25, 0.3) is 5.70 Å². The number of fused-ring (bicyclic) bond motifs is 5. The van der Waals surface area contributed by atoms with Gasteiger partial charge in [-0.1, -0.05) is 30.7 Å². The van der Waals surface area contributed by atoms with E-state index in [4.69, 9.17) is 0 Å². The molecule has 0 aliphatic heterocycles. The Bertz CT molecular complexity index is 805. The Hall–Kier alpha value is -1.84. The Morgan fingerprint density at radius 2 is 2.04 bits per heavy atom. The number of hydrogen-bond donors (Lipinski definition) is 1. The van der Waals surface area contributed by atoms with Crippen LogP contribution >= 0.6 is 0 Å². The Labute approximate surface area is 155 Å². The summed E-state index contributed by atoms with van der Waals surface area (Å²) in [5.74, 6) is 2.34. The summed E-state index contributed by atoms with van der Waals surface area (Å²) in [5, 5.41) is 12.7. The number of rotatable bonds is 1. The lowest BCUT2D eigenvalue weighted by Crippen LogP contribution is -2.50. The molecule has 4 nitrogen and oxygen atoms in total. The van der Waals surface area contributed by atoms with E-state index in [1.54, 1.807) is 5.57 Å². The lowest BCUT2D eigenvalue weighted by Gasteiger charge is -2.57. The highest BCUT2D eigenvalue weighted by molar-refractivity contribution is 5.96. The van der Waals surface area contributed by atoms with Crippen LogP contribution in [0.5, 0.6) is 0 Å². The molecule has 5 atom stereocenters. The zero-order valence-electron chi connectivity index (χ0n) is 15.9. The van der Waals surface area contributed by atoms with Crippen molar-refractivity contribution in [2.75, 3.05) is 0 Å². The van der Waals surface area contributed by atoms with E-state index in [0.29, 0.717) is 5.41 Å². The minimum Gasteiger partial charge on any atom is -0.411 e. The van der Waals surface area contributed by atoms with Crippen LogP contribution in [0.15, 0.2) is 41.6 Å². The van der Waals surface area contributed by atoms with Gasteiger partial charge >= 0.3 is 0 Å². The third kappa shape index (κ3) is 2.07. The Morgan fingerprint density at radius 3 is 2.81 bits per heavy atom. The second kappa shape index (κ2) is 5.58. The van der Waals surface area contributed by atoms with Gasteiger partial charge in [-0.3, -0.25) is 0 Å². The maximum absolute atomic E-state index is 9.20. The molecule has 4 heteroatoms. The zero-order chi connectivity index (χ0) is 17.9. The summed E-state index contributed by atoms with van der Waals surface area (Å²) in [4.78, 5) is 4.28. The van der Waals surface area contributed by atoms with Gasteiger partial charge in [-0.25, -0.2) is 4.98 Å². The minimum atomic E-state index is 0.284. The van der Waals surface area contributed by atoms with E-state index >= 15 is 0 Å². The molecule has 1 heterocycles. The Kier molecular flexibility index (Phi) is 3.51. The first kappa shape index (κ1) is 16.3. The van der Waals surface area contributed by atoms with Crippen LogP contribution < -0.4 is 0 Å². The van der Waals surface area contributed by atoms with Gasteiger partial charge in [0.05, 0.1) is 12.0 Å². The third-order valence-corrected chi connectivity index (χ3v) is 8.43. The first-order valence-corrected chi connectivity index (χ1v) is 10.2. The molecule has 0 radical (unpaired) electrons. The summed E-state index contributed by atoms with van der Waals surface area (Å²) in [6, 6.07) is 0. The van der Waals surface area contributed by atoms with Crippen LogP contribution in [-0.2, 0) is 0 Å². The van der Waals surface area contributed by atoms with E-state index in [1.165, 1.54) is 37.8 Å². The molecule has 0 spiro atoms. The van der Waals surface area contributed by atoms with Gasteiger partial charge in [0, 0.05) is 23.5 Å². The first-order valence-electron chi connectivity index (χ1n) is 10.2. The van der Waals surface area contributed by atoms with Crippen molar-refractivity contribution in [2.24, 2.45) is 33.7 Å². The second-order valence-electron chi connectivity index (χ2n) is 9.35. The van der Waals surface area contributed by atoms with Crippen molar-refractivity contribution in [2.45, 2.75) is 58.8 Å². The van der Waals surface area contributed by atoms with E-state index in [1.807, 2.05) is 12.5 Å². The van der Waals surface area contributed by atoms with Crippen molar-refractivity contribution in [1.82, 2.24) is 9.55 Å². The summed E-state index contributed by atoms with van der Waals surface area (Å²) in [5.41, 5.74) is 4.48. The van der Waals surface area contributed by atoms with Gasteiger partial charge in [0.1, 0.15) is 0 Å². The summed E-state index contributed by atoms with van der Waals surface area (Å²) in [6.45, 7) is 4.99. The van der Waals surface area contributed by atoms with Crippen molar-refractivity contribution < 1.29 is 5.21 Å². The van der Waals surface area contributed by atoms with Gasteiger partial charge in [-0.05, 0) is 74.2 Å². The predicted molar refractivity (Wildman–Crippen MR) is 103 cm³/mol. The van der Waals surface area contributed by atoms with Gasteiger partial charge in [0.15, 0.2) is 0 Å². The lowest BCUT2D eigenvalue weighted by molar-refractivity contribution is -0.0204. The van der Waals surface area contributed by atoms with Crippen molar-refractivity contribution in [3.63, 3.8) is 0 Å². The molecule has 0 amide bonds. The normalized spacial score (nSPS) is 43.3. The SMILES string of the molecule is C[C@]12CC/C(=N\O)C=C1CCC1C2CC[C@]2(C)C(n3ccnc3)=CCC12. The van der Waals surface area contributed by atoms with Gasteiger partial charge in [0.2, 0.25) is 0 Å². The molecule has 0 bridgehead atoms. The van der Waals surface area contributed by atoms with Crippen LogP contribution in [0, 0.1) is 28.6 Å². The number of oxime groups is 1. The van der Waals surface area contributed by atoms with Crippen molar-refractivity contribution in [3.05, 3.63) is 36.4 Å². The number of nitrogens with zero attached hydrogens (tertiary/aromatic N) is 3. The topological polar surface area (TPSA) is 50.4 Å². The fourth-order valence-electron chi connectivity index (χ4n) is 7.00. The van der Waals surface area contributed by atoms with Gasteiger partial charge in [-0.2, -0.15) is 0 Å². The van der Waals surface area contributed by atoms with Gasteiger partial charge in [-0.15, -0.1) is 0 Å². The number of hydrogen-bond acceptors (Lipinski definition) is 3. The molecule has 5 rings (SSSR count). The third-order valence-electron chi connectivity index (χ3n) is 8.43. The van der Waals surface area contributed by atoms with Crippen LogP contribution in [0.2, 0.25) is 0 Å². The molecular weight excluding hydrogens is 322 g/mol. The Balaban J connectivity index is 1.47. The fourth-order valence-corrected chi connectivity index (χ4v) is 7.00. The average molecular weight is 351 g/mol. The highest BCUT2D eigenvalue weighted by Gasteiger charge is 2.57. The number of allylic oxidation sites excluding steroid dienone is 4. The van der Waals surface area contributed by atoms with E-state index in [0.717, 1.165) is 36.3 Å². The summed E-state index contributed by atoms with van der Waals surface area (Å²) in [6.07, 6.45) is 19.0. The smallest absolute Gasteiger partial charge is 0.0989 e. The first-order chi connectivity index (χ1) is 12.6. The number of imidazole rings is 1. The fraction of sp³-hybridized carbons (Fsp3) is 0.636. The maximum Gasteiger partial charge on any atom is 0.0989 e. The van der Waals surface area contributed by atoms with Crippen LogP contribution in [-0.4, -0.2) is 20.5 Å². The van der Waals surface area contributed by atoms with Crippen molar-refractivity contribution in [3.8, 4) is 0 Å². The lowest BCUT2D eigenvalue weighted by atomic mass is 9.47. The maximum atomic E-state index is 9.20. The van der Waals surface area contributed by atoms with Crippen LogP contribution in [0.3, 0.4) is 0 Å². The van der Waals surface area contributed by atoms with E-state index in [-0.39, 0.29) is 5.41 Å². The summed E-state index contributed by atoms with van der Waals surface area (Å²) >= 11 is 0. The van der Waals surface area contributed by atoms with Gasteiger partial charge in [0.25, 0.3) is 0 Å². The molecule has 2 saturated carbocycles. The summed E-state index contributed by atoms with van der Waals surface area (Å²) in [7, 11) is 0. The van der Waals surface area contributed by atoms with Crippen LogP contribution in [0.1, 0.15) is 58.8 Å². The van der Waals surface area contributed by atoms with E-state index < -0.39 is 0 Å².